The molecule has 4 N–H and O–H groups in total. The maximum absolute atomic E-state index is 5.43. The lowest BCUT2D eigenvalue weighted by Crippen LogP contribution is -1.97. The van der Waals surface area contributed by atoms with E-state index < -0.39 is 0 Å². The number of nitrogens with two attached hydrogens (primary N) is 2. The van der Waals surface area contributed by atoms with E-state index in [0.29, 0.717) is 0 Å². The summed E-state index contributed by atoms with van der Waals surface area (Å²) in [5.41, 5.74) is 10.9. The summed E-state index contributed by atoms with van der Waals surface area (Å²) >= 11 is 1.77. The average molecular weight is 256 g/mol. The molecule has 0 atom stereocenters. The molecule has 0 rings (SSSR count). The van der Waals surface area contributed by atoms with Gasteiger partial charge in [0.05, 0.1) is 0 Å². The van der Waals surface area contributed by atoms with E-state index >= 15 is 0 Å². The standard InChI is InChI=1S/C14H28N2S/c15-11-7-3-1-5-9-13-17-14-10-6-2-4-8-12-16/h9-10,13-14H,1-8,11-12,15-16H2. The Bertz CT molecular complexity index is 171. The summed E-state index contributed by atoms with van der Waals surface area (Å²) in [5, 5.41) is 4.36. The molecule has 0 bridgehead atoms. The molecule has 0 amide bonds. The van der Waals surface area contributed by atoms with Crippen LogP contribution in [0.5, 0.6) is 0 Å². The van der Waals surface area contributed by atoms with Crippen molar-refractivity contribution in [1.82, 2.24) is 0 Å². The number of unbranched alkanes of at least 4 members (excludes halogenated alkanes) is 6. The predicted molar refractivity (Wildman–Crippen MR) is 80.9 cm³/mol. The van der Waals surface area contributed by atoms with Crippen molar-refractivity contribution in [3.63, 3.8) is 0 Å². The Labute approximate surface area is 111 Å². The van der Waals surface area contributed by atoms with E-state index in [1.165, 1.54) is 38.5 Å². The third kappa shape index (κ3) is 15.8. The van der Waals surface area contributed by atoms with Gasteiger partial charge in [0.25, 0.3) is 0 Å². The second-order valence-corrected chi connectivity index (χ2v) is 4.97. The molecule has 0 saturated heterocycles. The first-order valence-corrected chi connectivity index (χ1v) is 7.71. The largest absolute Gasteiger partial charge is 0.330 e. The second-order valence-electron chi connectivity index (χ2n) is 4.16. The first kappa shape index (κ1) is 16.8. The monoisotopic (exact) mass is 256 g/mol. The molecule has 3 heteroatoms. The van der Waals surface area contributed by atoms with Gasteiger partial charge in [0.1, 0.15) is 0 Å². The van der Waals surface area contributed by atoms with Crippen molar-refractivity contribution < 1.29 is 0 Å². The molecule has 0 aliphatic carbocycles. The maximum atomic E-state index is 5.43. The number of hydrogen-bond donors (Lipinski definition) is 2. The fraction of sp³-hybridized carbons (Fsp3) is 0.714. The molecule has 0 aliphatic rings. The first-order chi connectivity index (χ1) is 8.41. The van der Waals surface area contributed by atoms with Crippen LogP contribution in [0.1, 0.15) is 51.4 Å². The van der Waals surface area contributed by atoms with Crippen LogP contribution in [0, 0.1) is 0 Å². The average Bonchev–Trinajstić information content (AvgIpc) is 2.35. The highest BCUT2D eigenvalue weighted by molar-refractivity contribution is 8.04. The fourth-order valence-corrected chi connectivity index (χ4v) is 2.04. The fourth-order valence-electron chi connectivity index (χ4n) is 1.46. The van der Waals surface area contributed by atoms with Crippen LogP contribution in [0.25, 0.3) is 0 Å². The zero-order chi connectivity index (χ0) is 12.6. The summed E-state index contributed by atoms with van der Waals surface area (Å²) < 4.78 is 0. The highest BCUT2D eigenvalue weighted by atomic mass is 32.2. The molecule has 0 saturated carbocycles. The van der Waals surface area contributed by atoms with Crippen LogP contribution in [-0.2, 0) is 0 Å². The minimum atomic E-state index is 0.825. The quantitative estimate of drug-likeness (QED) is 0.522. The summed E-state index contributed by atoms with van der Waals surface area (Å²) in [6, 6.07) is 0. The SMILES string of the molecule is NCCCCCC=CSC=CCCCCCN. The van der Waals surface area contributed by atoms with Gasteiger partial charge in [0.15, 0.2) is 0 Å². The van der Waals surface area contributed by atoms with Gasteiger partial charge >= 0.3 is 0 Å². The van der Waals surface area contributed by atoms with Gasteiger partial charge in [-0.3, -0.25) is 0 Å². The molecule has 0 heterocycles. The highest BCUT2D eigenvalue weighted by Crippen LogP contribution is 2.09. The molecule has 100 valence electrons. The molecular formula is C14H28N2S. The van der Waals surface area contributed by atoms with Crippen molar-refractivity contribution in [2.24, 2.45) is 11.5 Å². The van der Waals surface area contributed by atoms with Crippen molar-refractivity contribution in [2.75, 3.05) is 13.1 Å². The lowest BCUT2D eigenvalue weighted by atomic mass is 10.2. The third-order valence-electron chi connectivity index (χ3n) is 2.50. The molecule has 0 unspecified atom stereocenters. The lowest BCUT2D eigenvalue weighted by molar-refractivity contribution is 0.695. The number of rotatable bonds is 12. The van der Waals surface area contributed by atoms with E-state index in [1.807, 2.05) is 0 Å². The van der Waals surface area contributed by atoms with Gasteiger partial charge in [0, 0.05) is 0 Å². The molecule has 17 heavy (non-hydrogen) atoms. The van der Waals surface area contributed by atoms with Gasteiger partial charge in [0.2, 0.25) is 0 Å². The lowest BCUT2D eigenvalue weighted by Gasteiger charge is -1.94. The Morgan fingerprint density at radius 1 is 0.647 bits per heavy atom. The van der Waals surface area contributed by atoms with Crippen LogP contribution in [-0.4, -0.2) is 13.1 Å². The third-order valence-corrected chi connectivity index (χ3v) is 3.20. The Hall–Kier alpha value is -0.250. The first-order valence-electron chi connectivity index (χ1n) is 6.77. The normalized spacial score (nSPS) is 11.9. The van der Waals surface area contributed by atoms with Crippen LogP contribution in [0.2, 0.25) is 0 Å². The minimum Gasteiger partial charge on any atom is -0.330 e. The Morgan fingerprint density at radius 3 is 1.53 bits per heavy atom. The molecule has 0 radical (unpaired) electrons. The molecule has 2 nitrogen and oxygen atoms in total. The zero-order valence-corrected chi connectivity index (χ0v) is 11.8. The van der Waals surface area contributed by atoms with E-state index in [0.717, 1.165) is 25.9 Å². The molecule has 0 aliphatic heterocycles. The summed E-state index contributed by atoms with van der Waals surface area (Å²) in [6.45, 7) is 1.65. The number of allylic oxidation sites excluding steroid dienone is 2. The van der Waals surface area contributed by atoms with Crippen molar-refractivity contribution >= 4 is 11.8 Å². The van der Waals surface area contributed by atoms with Gasteiger partial charge in [-0.25, -0.2) is 0 Å². The summed E-state index contributed by atoms with van der Waals surface area (Å²) in [6.07, 6.45) is 14.2. The smallest absolute Gasteiger partial charge is 0.00773 e. The van der Waals surface area contributed by atoms with E-state index in [2.05, 4.69) is 23.0 Å². The van der Waals surface area contributed by atoms with Crippen molar-refractivity contribution in [2.45, 2.75) is 51.4 Å². The molecular weight excluding hydrogens is 228 g/mol. The summed E-state index contributed by atoms with van der Waals surface area (Å²) in [5.74, 6) is 0. The van der Waals surface area contributed by atoms with Gasteiger partial charge in [-0.05, 0) is 62.4 Å². The van der Waals surface area contributed by atoms with Crippen molar-refractivity contribution in [3.05, 3.63) is 23.0 Å². The van der Waals surface area contributed by atoms with Gasteiger partial charge in [-0.15, -0.1) is 11.8 Å². The molecule has 0 aromatic rings. The molecule has 0 aromatic heterocycles. The molecule has 0 aromatic carbocycles. The van der Waals surface area contributed by atoms with E-state index in [1.54, 1.807) is 11.8 Å². The number of thioether (sulfide) groups is 1. The summed E-state index contributed by atoms with van der Waals surface area (Å²) in [7, 11) is 0. The van der Waals surface area contributed by atoms with Crippen LogP contribution in [0.4, 0.5) is 0 Å². The molecule has 0 fully saturated rings. The van der Waals surface area contributed by atoms with Gasteiger partial charge in [-0.1, -0.05) is 25.0 Å². The van der Waals surface area contributed by atoms with Crippen LogP contribution in [0.15, 0.2) is 23.0 Å². The molecule has 0 spiro atoms. The second kappa shape index (κ2) is 15.8. The van der Waals surface area contributed by atoms with Crippen LogP contribution >= 0.6 is 11.8 Å². The Kier molecular flexibility index (Phi) is 15.5. The van der Waals surface area contributed by atoms with E-state index in [-0.39, 0.29) is 0 Å². The van der Waals surface area contributed by atoms with Crippen molar-refractivity contribution in [3.8, 4) is 0 Å². The predicted octanol–water partition coefficient (Wildman–Crippen LogP) is 3.79. The maximum Gasteiger partial charge on any atom is -0.00773 e. The highest BCUT2D eigenvalue weighted by Gasteiger charge is 1.85. The number of hydrogen-bond acceptors (Lipinski definition) is 3. The van der Waals surface area contributed by atoms with Gasteiger partial charge in [-0.2, -0.15) is 0 Å². The minimum absolute atomic E-state index is 0.825. The van der Waals surface area contributed by atoms with Crippen LogP contribution in [0.3, 0.4) is 0 Å². The van der Waals surface area contributed by atoms with Crippen LogP contribution < -0.4 is 11.5 Å². The zero-order valence-electron chi connectivity index (χ0n) is 10.9. The summed E-state index contributed by atoms with van der Waals surface area (Å²) in [4.78, 5) is 0. The topological polar surface area (TPSA) is 52.0 Å². The van der Waals surface area contributed by atoms with Gasteiger partial charge < -0.3 is 11.5 Å². The van der Waals surface area contributed by atoms with E-state index in [4.69, 9.17) is 11.5 Å². The van der Waals surface area contributed by atoms with E-state index in [9.17, 15) is 0 Å². The van der Waals surface area contributed by atoms with Crippen molar-refractivity contribution in [1.29, 1.82) is 0 Å². The Morgan fingerprint density at radius 2 is 1.12 bits per heavy atom. The Balaban J connectivity index is 3.14.